The van der Waals surface area contributed by atoms with E-state index in [4.69, 9.17) is 0 Å². The third kappa shape index (κ3) is 3.17. The molecule has 0 rings (SSSR count). The van der Waals surface area contributed by atoms with Crippen molar-refractivity contribution in [3.8, 4) is 0 Å². The maximum absolute atomic E-state index is 10.5. The number of nitrogens with zero attached hydrogens (tertiary/aromatic N) is 1. The van der Waals surface area contributed by atoms with Gasteiger partial charge in [0, 0.05) is 12.6 Å². The van der Waals surface area contributed by atoms with Crippen molar-refractivity contribution < 1.29 is 8.42 Å². The highest BCUT2D eigenvalue weighted by Gasteiger charge is 2.08. The first kappa shape index (κ1) is 9.91. The van der Waals surface area contributed by atoms with Crippen molar-refractivity contribution in [3.63, 3.8) is 0 Å². The molecule has 0 bridgehead atoms. The fraction of sp³-hybridized carbons (Fsp3) is 1.00. The molecule has 10 heavy (non-hydrogen) atoms. The van der Waals surface area contributed by atoms with Crippen molar-refractivity contribution in [3.05, 3.63) is 0 Å². The smallest absolute Gasteiger partial charge is 0.204 e. The first-order chi connectivity index (χ1) is 4.59. The Morgan fingerprint density at radius 3 is 2.00 bits per heavy atom. The van der Waals surface area contributed by atoms with Crippen molar-refractivity contribution in [1.82, 2.24) is 4.31 Å². The minimum absolute atomic E-state index is 0.0982. The third-order valence-electron chi connectivity index (χ3n) is 1.26. The molecule has 0 spiro atoms. The lowest BCUT2D eigenvalue weighted by molar-refractivity contribution is 0.365. The zero-order valence-corrected chi connectivity index (χ0v) is 7.60. The van der Waals surface area contributed by atoms with Gasteiger partial charge in [-0.05, 0) is 20.3 Å². The Kier molecular flexibility index (Phi) is 4.64. The molecule has 3 nitrogen and oxygen atoms in total. The van der Waals surface area contributed by atoms with Crippen LogP contribution in [0.5, 0.6) is 0 Å². The summed E-state index contributed by atoms with van der Waals surface area (Å²) in [6, 6.07) is 0.0982. The van der Waals surface area contributed by atoms with Gasteiger partial charge in [0.05, 0.1) is 0 Å². The summed E-state index contributed by atoms with van der Waals surface area (Å²) in [5.41, 5.74) is 0. The largest absolute Gasteiger partial charge is 0.215 e. The summed E-state index contributed by atoms with van der Waals surface area (Å²) in [5, 5.41) is 0. The second kappa shape index (κ2) is 4.68. The van der Waals surface area contributed by atoms with E-state index < -0.39 is 10.9 Å². The summed E-state index contributed by atoms with van der Waals surface area (Å²) in [6.45, 7) is 6.35. The van der Waals surface area contributed by atoms with Gasteiger partial charge in [-0.25, -0.2) is 12.7 Å². The minimum Gasteiger partial charge on any atom is -0.215 e. The van der Waals surface area contributed by atoms with Crippen LogP contribution >= 0.6 is 0 Å². The average Bonchev–Trinajstić information content (AvgIpc) is 1.81. The van der Waals surface area contributed by atoms with E-state index in [1.54, 1.807) is 0 Å². The molecule has 0 aromatic heterocycles. The Labute approximate surface area is 64.1 Å². The standard InChI is InChI=1S/C6H15NO2S/c1-4-5-7(6(2)3)10(8)9/h6,10H,4-5H2,1-3H3. The lowest BCUT2D eigenvalue weighted by atomic mass is 10.4. The number of thiol groups is 1. The van der Waals surface area contributed by atoms with Crippen LogP contribution in [0.3, 0.4) is 0 Å². The van der Waals surface area contributed by atoms with E-state index in [0.717, 1.165) is 6.42 Å². The van der Waals surface area contributed by atoms with Crippen molar-refractivity contribution >= 4 is 10.9 Å². The molecule has 0 aromatic rings. The van der Waals surface area contributed by atoms with Crippen LogP contribution in [-0.4, -0.2) is 25.3 Å². The molecular formula is C6H15NO2S. The first-order valence-corrected chi connectivity index (χ1v) is 4.63. The van der Waals surface area contributed by atoms with Gasteiger partial charge in [0.25, 0.3) is 0 Å². The molecule has 0 aromatic carbocycles. The average molecular weight is 165 g/mol. The van der Waals surface area contributed by atoms with Crippen LogP contribution in [0.4, 0.5) is 0 Å². The first-order valence-electron chi connectivity index (χ1n) is 3.50. The summed E-state index contributed by atoms with van der Waals surface area (Å²) in [5.74, 6) is 0. The fourth-order valence-corrected chi connectivity index (χ4v) is 1.50. The van der Waals surface area contributed by atoms with Crippen molar-refractivity contribution in [2.24, 2.45) is 0 Å². The van der Waals surface area contributed by atoms with Crippen molar-refractivity contribution in [2.75, 3.05) is 6.54 Å². The quantitative estimate of drug-likeness (QED) is 0.620. The lowest BCUT2D eigenvalue weighted by Crippen LogP contribution is -2.29. The second-order valence-electron chi connectivity index (χ2n) is 2.49. The molecule has 0 aliphatic carbocycles. The number of hydrogen-bond acceptors (Lipinski definition) is 2. The molecule has 0 saturated heterocycles. The van der Waals surface area contributed by atoms with Crippen LogP contribution in [0, 0.1) is 0 Å². The van der Waals surface area contributed by atoms with Gasteiger partial charge in [0.1, 0.15) is 0 Å². The summed E-state index contributed by atoms with van der Waals surface area (Å²) in [4.78, 5) is 0. The second-order valence-corrected chi connectivity index (χ2v) is 3.48. The van der Waals surface area contributed by atoms with Gasteiger partial charge in [-0.2, -0.15) is 0 Å². The predicted octanol–water partition coefficient (Wildman–Crippen LogP) is 0.633. The zero-order chi connectivity index (χ0) is 8.15. The third-order valence-corrected chi connectivity index (χ3v) is 2.34. The monoisotopic (exact) mass is 165 g/mol. The molecule has 0 aliphatic rings. The Bertz CT molecular complexity index is 146. The van der Waals surface area contributed by atoms with E-state index >= 15 is 0 Å². The lowest BCUT2D eigenvalue weighted by Gasteiger charge is -2.17. The maximum atomic E-state index is 10.5. The molecule has 4 heteroatoms. The molecule has 62 valence electrons. The molecule has 0 saturated carbocycles. The number of rotatable bonds is 4. The molecule has 0 radical (unpaired) electrons. The highest BCUT2D eigenvalue weighted by atomic mass is 32.2. The summed E-state index contributed by atoms with van der Waals surface area (Å²) in [7, 11) is -2.38. The maximum Gasteiger partial charge on any atom is 0.204 e. The predicted molar refractivity (Wildman–Crippen MR) is 42.4 cm³/mol. The van der Waals surface area contributed by atoms with Gasteiger partial charge in [-0.15, -0.1) is 0 Å². The highest BCUT2D eigenvalue weighted by molar-refractivity contribution is 7.69. The van der Waals surface area contributed by atoms with Gasteiger partial charge in [-0.3, -0.25) is 0 Å². The molecule has 0 fully saturated rings. The van der Waals surface area contributed by atoms with E-state index in [0.29, 0.717) is 6.54 Å². The van der Waals surface area contributed by atoms with Gasteiger partial charge in [0.15, 0.2) is 0 Å². The molecule has 0 heterocycles. The molecule has 0 atom stereocenters. The normalized spacial score (nSPS) is 11.8. The topological polar surface area (TPSA) is 37.4 Å². The summed E-state index contributed by atoms with van der Waals surface area (Å²) < 4.78 is 22.5. The zero-order valence-electron chi connectivity index (χ0n) is 6.70. The fourth-order valence-electron chi connectivity index (χ4n) is 0.758. The molecule has 0 unspecified atom stereocenters. The van der Waals surface area contributed by atoms with E-state index in [1.807, 2.05) is 20.8 Å². The highest BCUT2D eigenvalue weighted by Crippen LogP contribution is 1.98. The SMILES string of the molecule is CCCN(C(C)C)[SH](=O)=O. The van der Waals surface area contributed by atoms with Crippen LogP contribution in [0.2, 0.25) is 0 Å². The van der Waals surface area contributed by atoms with Gasteiger partial charge in [0.2, 0.25) is 10.9 Å². The van der Waals surface area contributed by atoms with Crippen LogP contribution in [0.1, 0.15) is 27.2 Å². The van der Waals surface area contributed by atoms with Gasteiger partial charge in [-0.1, -0.05) is 6.92 Å². The molecule has 0 N–H and O–H groups in total. The van der Waals surface area contributed by atoms with Crippen LogP contribution in [0.25, 0.3) is 0 Å². The molecule has 0 amide bonds. The van der Waals surface area contributed by atoms with E-state index in [9.17, 15) is 8.42 Å². The van der Waals surface area contributed by atoms with Gasteiger partial charge >= 0.3 is 0 Å². The van der Waals surface area contributed by atoms with E-state index in [-0.39, 0.29) is 6.04 Å². The molecular weight excluding hydrogens is 150 g/mol. The van der Waals surface area contributed by atoms with Crippen LogP contribution in [0.15, 0.2) is 0 Å². The van der Waals surface area contributed by atoms with Gasteiger partial charge < -0.3 is 0 Å². The van der Waals surface area contributed by atoms with Crippen molar-refractivity contribution in [2.45, 2.75) is 33.2 Å². The van der Waals surface area contributed by atoms with Crippen molar-refractivity contribution in [1.29, 1.82) is 0 Å². The van der Waals surface area contributed by atoms with Crippen LogP contribution in [-0.2, 0) is 10.9 Å². The Balaban J connectivity index is 3.98. The van der Waals surface area contributed by atoms with E-state index in [1.165, 1.54) is 4.31 Å². The Morgan fingerprint density at radius 2 is 1.90 bits per heavy atom. The van der Waals surface area contributed by atoms with E-state index in [2.05, 4.69) is 0 Å². The Hall–Kier alpha value is -0.0900. The summed E-state index contributed by atoms with van der Waals surface area (Å²) >= 11 is 0. The van der Waals surface area contributed by atoms with Crippen LogP contribution < -0.4 is 0 Å². The molecule has 0 aliphatic heterocycles. The summed E-state index contributed by atoms with van der Waals surface area (Å²) in [6.07, 6.45) is 0.876. The Morgan fingerprint density at radius 1 is 1.40 bits per heavy atom. The minimum atomic E-state index is -2.38. The number of hydrogen-bond donors (Lipinski definition) is 1.